The van der Waals surface area contributed by atoms with Crippen LogP contribution in [0.15, 0.2) is 48.7 Å². The Morgan fingerprint density at radius 3 is 2.28 bits per heavy atom. The summed E-state index contributed by atoms with van der Waals surface area (Å²) in [6, 6.07) is 14.1. The molecule has 152 valence electrons. The lowest BCUT2D eigenvalue weighted by atomic mass is 10.0. The molecule has 0 aliphatic rings. The third kappa shape index (κ3) is 4.96. The van der Waals surface area contributed by atoms with Crippen LogP contribution in [0.5, 0.6) is 11.5 Å². The molecule has 2 aromatic carbocycles. The van der Waals surface area contributed by atoms with Crippen molar-refractivity contribution in [3.8, 4) is 11.5 Å². The van der Waals surface area contributed by atoms with E-state index in [1.807, 2.05) is 24.3 Å². The van der Waals surface area contributed by atoms with E-state index >= 15 is 0 Å². The first kappa shape index (κ1) is 20.5. The van der Waals surface area contributed by atoms with Gasteiger partial charge < -0.3 is 20.1 Å². The highest BCUT2D eigenvalue weighted by Crippen LogP contribution is 2.28. The van der Waals surface area contributed by atoms with Gasteiger partial charge in [-0.05, 0) is 47.7 Å². The number of para-hydroxylation sites is 1. The molecule has 3 rings (SSSR count). The largest absolute Gasteiger partial charge is 0.493 e. The first-order valence-corrected chi connectivity index (χ1v) is 9.84. The summed E-state index contributed by atoms with van der Waals surface area (Å²) in [6.07, 6.45) is 3.66. The summed E-state index contributed by atoms with van der Waals surface area (Å²) in [5, 5.41) is 6.76. The van der Waals surface area contributed by atoms with Gasteiger partial charge in [0.25, 0.3) is 0 Å². The van der Waals surface area contributed by atoms with Crippen LogP contribution in [-0.4, -0.2) is 24.2 Å². The SMILES string of the molecule is CCc1cccc(CC)c1Nc1nccc(NCc2ccc(OC)c(OC)c2)n1. The molecule has 0 aliphatic carbocycles. The molecule has 0 atom stereocenters. The molecular formula is C23H28N4O2. The lowest BCUT2D eigenvalue weighted by Gasteiger charge is -2.15. The molecule has 0 amide bonds. The second-order valence-electron chi connectivity index (χ2n) is 6.59. The fourth-order valence-corrected chi connectivity index (χ4v) is 3.22. The smallest absolute Gasteiger partial charge is 0.229 e. The highest BCUT2D eigenvalue weighted by Gasteiger charge is 2.09. The van der Waals surface area contributed by atoms with Crippen LogP contribution in [0.25, 0.3) is 0 Å². The Balaban J connectivity index is 1.74. The van der Waals surface area contributed by atoms with Crippen molar-refractivity contribution in [1.29, 1.82) is 0 Å². The van der Waals surface area contributed by atoms with Crippen molar-refractivity contribution in [3.63, 3.8) is 0 Å². The minimum Gasteiger partial charge on any atom is -0.493 e. The zero-order valence-corrected chi connectivity index (χ0v) is 17.5. The van der Waals surface area contributed by atoms with Gasteiger partial charge >= 0.3 is 0 Å². The molecular weight excluding hydrogens is 364 g/mol. The molecule has 1 heterocycles. The Hall–Kier alpha value is -3.28. The molecule has 0 aliphatic heterocycles. The number of nitrogens with one attached hydrogen (secondary N) is 2. The standard InChI is InChI=1S/C23H28N4O2/c1-5-17-8-7-9-18(6-2)22(17)27-23-24-13-12-21(26-23)25-15-16-10-11-19(28-3)20(14-16)29-4/h7-14H,5-6,15H2,1-4H3,(H2,24,25,26,27). The molecule has 0 spiro atoms. The van der Waals surface area contributed by atoms with Gasteiger partial charge in [-0.25, -0.2) is 4.98 Å². The Morgan fingerprint density at radius 2 is 1.62 bits per heavy atom. The topological polar surface area (TPSA) is 68.3 Å². The average Bonchev–Trinajstić information content (AvgIpc) is 2.77. The van der Waals surface area contributed by atoms with Crippen LogP contribution in [0.1, 0.15) is 30.5 Å². The van der Waals surface area contributed by atoms with E-state index in [2.05, 4.69) is 52.6 Å². The van der Waals surface area contributed by atoms with Crippen molar-refractivity contribution in [2.75, 3.05) is 24.9 Å². The van der Waals surface area contributed by atoms with Gasteiger partial charge in [0.1, 0.15) is 5.82 Å². The quantitative estimate of drug-likeness (QED) is 0.536. The third-order valence-corrected chi connectivity index (χ3v) is 4.81. The Labute approximate surface area is 172 Å². The van der Waals surface area contributed by atoms with E-state index in [1.165, 1.54) is 11.1 Å². The normalized spacial score (nSPS) is 10.5. The molecule has 0 saturated heterocycles. The summed E-state index contributed by atoms with van der Waals surface area (Å²) in [7, 11) is 3.27. The maximum absolute atomic E-state index is 5.37. The molecule has 6 nitrogen and oxygen atoms in total. The van der Waals surface area contributed by atoms with Gasteiger partial charge in [0, 0.05) is 18.4 Å². The van der Waals surface area contributed by atoms with Gasteiger partial charge in [-0.3, -0.25) is 0 Å². The molecule has 0 saturated carbocycles. The van der Waals surface area contributed by atoms with Gasteiger partial charge in [-0.1, -0.05) is 38.1 Å². The molecule has 0 unspecified atom stereocenters. The number of aryl methyl sites for hydroxylation is 2. The minimum absolute atomic E-state index is 0.581. The third-order valence-electron chi connectivity index (χ3n) is 4.81. The lowest BCUT2D eigenvalue weighted by molar-refractivity contribution is 0.354. The van der Waals surface area contributed by atoms with Gasteiger partial charge in [0.15, 0.2) is 11.5 Å². The highest BCUT2D eigenvalue weighted by atomic mass is 16.5. The fourth-order valence-electron chi connectivity index (χ4n) is 3.22. The summed E-state index contributed by atoms with van der Waals surface area (Å²) >= 11 is 0. The number of rotatable bonds is 9. The number of aromatic nitrogens is 2. The molecule has 0 radical (unpaired) electrons. The second kappa shape index (κ2) is 9.78. The van der Waals surface area contributed by atoms with Crippen molar-refractivity contribution in [2.45, 2.75) is 33.2 Å². The number of hydrogen-bond acceptors (Lipinski definition) is 6. The lowest BCUT2D eigenvalue weighted by Crippen LogP contribution is -2.06. The molecule has 3 aromatic rings. The number of nitrogens with zero attached hydrogens (tertiary/aromatic N) is 2. The minimum atomic E-state index is 0.581. The first-order valence-electron chi connectivity index (χ1n) is 9.84. The van der Waals surface area contributed by atoms with Gasteiger partial charge in [0.2, 0.25) is 5.95 Å². The van der Waals surface area contributed by atoms with Crippen molar-refractivity contribution < 1.29 is 9.47 Å². The number of ether oxygens (including phenoxy) is 2. The summed E-state index contributed by atoms with van der Waals surface area (Å²) in [5.41, 5.74) is 4.70. The molecule has 29 heavy (non-hydrogen) atoms. The summed E-state index contributed by atoms with van der Waals surface area (Å²) in [6.45, 7) is 4.92. The van der Waals surface area contributed by atoms with Crippen LogP contribution in [0, 0.1) is 0 Å². The van der Waals surface area contributed by atoms with Gasteiger partial charge in [0.05, 0.1) is 14.2 Å². The number of anilines is 3. The Kier molecular flexibility index (Phi) is 6.89. The predicted molar refractivity (Wildman–Crippen MR) is 117 cm³/mol. The highest BCUT2D eigenvalue weighted by molar-refractivity contribution is 5.64. The number of benzene rings is 2. The maximum atomic E-state index is 5.37. The van der Waals surface area contributed by atoms with Crippen molar-refractivity contribution in [3.05, 3.63) is 65.4 Å². The average molecular weight is 393 g/mol. The number of methoxy groups -OCH3 is 2. The summed E-state index contributed by atoms with van der Waals surface area (Å²) < 4.78 is 10.7. The van der Waals surface area contributed by atoms with E-state index in [0.717, 1.165) is 29.9 Å². The zero-order valence-electron chi connectivity index (χ0n) is 17.5. The van der Waals surface area contributed by atoms with Crippen LogP contribution >= 0.6 is 0 Å². The Bertz CT molecular complexity index is 937. The van der Waals surface area contributed by atoms with E-state index in [1.54, 1.807) is 20.4 Å². The van der Waals surface area contributed by atoms with Gasteiger partial charge in [-0.15, -0.1) is 0 Å². The first-order chi connectivity index (χ1) is 14.2. The second-order valence-corrected chi connectivity index (χ2v) is 6.59. The summed E-state index contributed by atoms with van der Waals surface area (Å²) in [4.78, 5) is 9.01. The van der Waals surface area contributed by atoms with Crippen LogP contribution < -0.4 is 20.1 Å². The fraction of sp³-hybridized carbons (Fsp3) is 0.304. The van der Waals surface area contributed by atoms with Gasteiger partial charge in [-0.2, -0.15) is 4.98 Å². The van der Waals surface area contributed by atoms with Crippen LogP contribution in [0.4, 0.5) is 17.5 Å². The Morgan fingerprint density at radius 1 is 0.897 bits per heavy atom. The van der Waals surface area contributed by atoms with E-state index in [-0.39, 0.29) is 0 Å². The molecule has 6 heteroatoms. The molecule has 0 fully saturated rings. The van der Waals surface area contributed by atoms with E-state index in [9.17, 15) is 0 Å². The molecule has 1 aromatic heterocycles. The van der Waals surface area contributed by atoms with Crippen molar-refractivity contribution >= 4 is 17.5 Å². The van der Waals surface area contributed by atoms with Crippen LogP contribution in [0.3, 0.4) is 0 Å². The van der Waals surface area contributed by atoms with E-state index < -0.39 is 0 Å². The molecule has 0 bridgehead atoms. The van der Waals surface area contributed by atoms with E-state index in [0.29, 0.717) is 24.0 Å². The zero-order chi connectivity index (χ0) is 20.6. The molecule has 2 N–H and O–H groups in total. The van der Waals surface area contributed by atoms with Crippen LogP contribution in [0.2, 0.25) is 0 Å². The predicted octanol–water partition coefficient (Wildman–Crippen LogP) is 4.97. The maximum Gasteiger partial charge on any atom is 0.229 e. The number of hydrogen-bond donors (Lipinski definition) is 2. The van der Waals surface area contributed by atoms with Crippen LogP contribution in [-0.2, 0) is 19.4 Å². The monoisotopic (exact) mass is 392 g/mol. The van der Waals surface area contributed by atoms with Crippen molar-refractivity contribution in [1.82, 2.24) is 9.97 Å². The summed E-state index contributed by atoms with van der Waals surface area (Å²) in [5.74, 6) is 2.76. The van der Waals surface area contributed by atoms with Crippen molar-refractivity contribution in [2.24, 2.45) is 0 Å². The van der Waals surface area contributed by atoms with E-state index in [4.69, 9.17) is 9.47 Å².